The Morgan fingerprint density at radius 1 is 1.13 bits per heavy atom. The summed E-state index contributed by atoms with van der Waals surface area (Å²) in [4.78, 5) is 0. The van der Waals surface area contributed by atoms with Crippen molar-refractivity contribution in [3.8, 4) is 5.75 Å². The third-order valence-electron chi connectivity index (χ3n) is 7.15. The molecule has 4 unspecified atom stereocenters. The lowest BCUT2D eigenvalue weighted by molar-refractivity contribution is 0.177. The number of nitrogens with two attached hydrogens (primary N) is 1. The van der Waals surface area contributed by atoms with Crippen molar-refractivity contribution in [1.82, 2.24) is 0 Å². The van der Waals surface area contributed by atoms with E-state index in [1.54, 1.807) is 6.07 Å². The molecule has 4 rings (SSSR count). The highest BCUT2D eigenvalue weighted by Crippen LogP contribution is 2.42. The van der Waals surface area contributed by atoms with E-state index in [2.05, 4.69) is 44.2 Å². The van der Waals surface area contributed by atoms with E-state index in [1.807, 2.05) is 12.1 Å². The molecule has 0 amide bonds. The van der Waals surface area contributed by atoms with Gasteiger partial charge in [0, 0.05) is 16.9 Å². The first kappa shape index (κ1) is 21.0. The van der Waals surface area contributed by atoms with Crippen molar-refractivity contribution >= 4 is 11.0 Å². The van der Waals surface area contributed by atoms with Gasteiger partial charge in [0.25, 0.3) is 0 Å². The maximum atomic E-state index is 9.93. The van der Waals surface area contributed by atoms with E-state index in [1.165, 1.54) is 36.8 Å². The molecule has 0 aliphatic heterocycles. The Balaban J connectivity index is 1.49. The Hall–Kier alpha value is -2.26. The van der Waals surface area contributed by atoms with Crippen LogP contribution in [0.15, 0.2) is 52.9 Å². The lowest BCUT2D eigenvalue weighted by Gasteiger charge is -2.35. The second-order valence-electron chi connectivity index (χ2n) is 9.41. The van der Waals surface area contributed by atoms with Gasteiger partial charge >= 0.3 is 0 Å². The predicted octanol–water partition coefficient (Wildman–Crippen LogP) is 6.43. The van der Waals surface area contributed by atoms with Gasteiger partial charge in [0.05, 0.1) is 0 Å². The Labute approximate surface area is 180 Å². The molecule has 1 heterocycles. The molecule has 4 atom stereocenters. The van der Waals surface area contributed by atoms with E-state index < -0.39 is 0 Å². The Bertz CT molecular complexity index is 962. The minimum atomic E-state index is 0.283. The molecule has 0 saturated heterocycles. The maximum absolute atomic E-state index is 9.93. The molecule has 0 radical (unpaired) electrons. The molecule has 30 heavy (non-hydrogen) atoms. The van der Waals surface area contributed by atoms with Gasteiger partial charge in [-0.25, -0.2) is 0 Å². The number of phenols is 1. The predicted molar refractivity (Wildman–Crippen MR) is 124 cm³/mol. The van der Waals surface area contributed by atoms with Gasteiger partial charge in [-0.3, -0.25) is 0 Å². The summed E-state index contributed by atoms with van der Waals surface area (Å²) >= 11 is 0. The monoisotopic (exact) mass is 405 g/mol. The van der Waals surface area contributed by atoms with Gasteiger partial charge in [-0.15, -0.1) is 0 Å². The number of hydrogen-bond donors (Lipinski definition) is 2. The summed E-state index contributed by atoms with van der Waals surface area (Å²) in [5.74, 6) is 3.99. The van der Waals surface area contributed by atoms with Crippen molar-refractivity contribution < 1.29 is 9.52 Å². The molecule has 3 N–H and O–H groups in total. The molecule has 3 heteroatoms. The zero-order chi connectivity index (χ0) is 21.1. The van der Waals surface area contributed by atoms with Gasteiger partial charge in [0.15, 0.2) is 0 Å². The van der Waals surface area contributed by atoms with E-state index in [-0.39, 0.29) is 5.75 Å². The standard InChI is InChI=1S/C27H35NO2/c1-18-8-9-21(16-22(18)15-20-6-4-3-5-7-20)14-19(2)27-24(12-13-28)25-17-23(29)10-11-26(25)30-27/h3-7,10-11,17-19,21-22,29H,8-9,12-16,28H2,1-2H3. The van der Waals surface area contributed by atoms with Crippen molar-refractivity contribution in [2.45, 2.75) is 58.3 Å². The maximum Gasteiger partial charge on any atom is 0.134 e. The van der Waals surface area contributed by atoms with Crippen LogP contribution in [0.4, 0.5) is 0 Å². The van der Waals surface area contributed by atoms with Gasteiger partial charge < -0.3 is 15.3 Å². The van der Waals surface area contributed by atoms with Gasteiger partial charge in [-0.1, -0.05) is 57.0 Å². The Kier molecular flexibility index (Phi) is 6.48. The molecular formula is C27H35NO2. The largest absolute Gasteiger partial charge is 0.508 e. The molecule has 0 spiro atoms. The average molecular weight is 406 g/mol. The third-order valence-corrected chi connectivity index (χ3v) is 7.15. The summed E-state index contributed by atoms with van der Waals surface area (Å²) in [6, 6.07) is 16.3. The molecule has 160 valence electrons. The highest BCUT2D eigenvalue weighted by Gasteiger charge is 2.30. The SMILES string of the molecule is CC(CC1CCC(C)C(Cc2ccccc2)C1)c1oc2ccc(O)cc2c1CCN. The molecule has 1 aliphatic rings. The summed E-state index contributed by atoms with van der Waals surface area (Å²) in [7, 11) is 0. The first-order valence-electron chi connectivity index (χ1n) is 11.5. The van der Waals surface area contributed by atoms with Crippen LogP contribution in [-0.4, -0.2) is 11.7 Å². The van der Waals surface area contributed by atoms with Crippen LogP contribution in [0.3, 0.4) is 0 Å². The Morgan fingerprint density at radius 3 is 2.70 bits per heavy atom. The van der Waals surface area contributed by atoms with Crippen molar-refractivity contribution in [3.63, 3.8) is 0 Å². The van der Waals surface area contributed by atoms with Crippen LogP contribution in [-0.2, 0) is 12.8 Å². The fourth-order valence-electron chi connectivity index (χ4n) is 5.49. The fraction of sp³-hybridized carbons (Fsp3) is 0.481. The van der Waals surface area contributed by atoms with Crippen molar-refractivity contribution in [3.05, 3.63) is 65.4 Å². The fourth-order valence-corrected chi connectivity index (χ4v) is 5.49. The number of hydrogen-bond acceptors (Lipinski definition) is 3. The van der Waals surface area contributed by atoms with Crippen LogP contribution >= 0.6 is 0 Å². The number of fused-ring (bicyclic) bond motifs is 1. The van der Waals surface area contributed by atoms with Crippen molar-refractivity contribution in [2.75, 3.05) is 6.54 Å². The zero-order valence-corrected chi connectivity index (χ0v) is 18.3. The summed E-state index contributed by atoms with van der Waals surface area (Å²) in [6.45, 7) is 5.31. The molecule has 1 saturated carbocycles. The number of benzene rings is 2. The topological polar surface area (TPSA) is 59.4 Å². The summed E-state index contributed by atoms with van der Waals surface area (Å²) in [5.41, 5.74) is 9.41. The zero-order valence-electron chi connectivity index (χ0n) is 18.3. The highest BCUT2D eigenvalue weighted by atomic mass is 16.3. The van der Waals surface area contributed by atoms with Crippen LogP contribution in [0.1, 0.15) is 62.3 Å². The molecule has 1 aliphatic carbocycles. The van der Waals surface area contributed by atoms with E-state index in [0.717, 1.165) is 47.3 Å². The van der Waals surface area contributed by atoms with Crippen molar-refractivity contribution in [1.29, 1.82) is 0 Å². The minimum absolute atomic E-state index is 0.283. The van der Waals surface area contributed by atoms with E-state index in [0.29, 0.717) is 12.5 Å². The number of aromatic hydroxyl groups is 1. The molecule has 1 aromatic heterocycles. The van der Waals surface area contributed by atoms with E-state index in [4.69, 9.17) is 10.2 Å². The van der Waals surface area contributed by atoms with Gasteiger partial charge in [0.1, 0.15) is 17.1 Å². The summed E-state index contributed by atoms with van der Waals surface area (Å²) in [5, 5.41) is 10.9. The normalized spacial score (nSPS) is 23.0. The molecule has 3 aromatic rings. The van der Waals surface area contributed by atoms with Crippen LogP contribution in [0.25, 0.3) is 11.0 Å². The quantitative estimate of drug-likeness (QED) is 0.476. The number of rotatable bonds is 7. The molecule has 2 aromatic carbocycles. The molecule has 1 fully saturated rings. The first-order chi connectivity index (χ1) is 14.5. The van der Waals surface area contributed by atoms with Gasteiger partial charge in [-0.2, -0.15) is 0 Å². The second kappa shape index (κ2) is 9.26. The summed E-state index contributed by atoms with van der Waals surface area (Å²) in [6.07, 6.45) is 7.06. The lowest BCUT2D eigenvalue weighted by atomic mass is 9.70. The second-order valence-corrected chi connectivity index (χ2v) is 9.41. The molecule has 0 bridgehead atoms. The van der Waals surface area contributed by atoms with Crippen LogP contribution in [0, 0.1) is 17.8 Å². The minimum Gasteiger partial charge on any atom is -0.508 e. The number of furan rings is 1. The lowest BCUT2D eigenvalue weighted by Crippen LogP contribution is -2.25. The smallest absolute Gasteiger partial charge is 0.134 e. The van der Waals surface area contributed by atoms with Crippen LogP contribution < -0.4 is 5.73 Å². The van der Waals surface area contributed by atoms with E-state index >= 15 is 0 Å². The number of phenolic OH excluding ortho intramolecular Hbond substituents is 1. The third kappa shape index (κ3) is 4.57. The van der Waals surface area contributed by atoms with Crippen LogP contribution in [0.2, 0.25) is 0 Å². The van der Waals surface area contributed by atoms with Crippen molar-refractivity contribution in [2.24, 2.45) is 23.5 Å². The van der Waals surface area contributed by atoms with Gasteiger partial charge in [-0.05, 0) is 73.7 Å². The highest BCUT2D eigenvalue weighted by molar-refractivity contribution is 5.84. The van der Waals surface area contributed by atoms with Gasteiger partial charge in [0.2, 0.25) is 0 Å². The van der Waals surface area contributed by atoms with E-state index in [9.17, 15) is 5.11 Å². The molecular weight excluding hydrogens is 370 g/mol. The summed E-state index contributed by atoms with van der Waals surface area (Å²) < 4.78 is 6.29. The van der Waals surface area contributed by atoms with Crippen LogP contribution in [0.5, 0.6) is 5.75 Å². The first-order valence-corrected chi connectivity index (χ1v) is 11.5. The Morgan fingerprint density at radius 2 is 1.93 bits per heavy atom. The molecule has 3 nitrogen and oxygen atoms in total. The average Bonchev–Trinajstić information content (AvgIpc) is 3.09.